The molecule has 0 radical (unpaired) electrons. The van der Waals surface area contributed by atoms with Crippen molar-refractivity contribution < 1.29 is 8.78 Å². The molecule has 112 valence electrons. The van der Waals surface area contributed by atoms with Crippen molar-refractivity contribution in [2.45, 2.75) is 6.42 Å². The van der Waals surface area contributed by atoms with E-state index in [1.54, 1.807) is 30.6 Å². The zero-order valence-electron chi connectivity index (χ0n) is 11.2. The summed E-state index contributed by atoms with van der Waals surface area (Å²) >= 11 is 8.24. The Morgan fingerprint density at radius 1 is 1.32 bits per heavy atom. The van der Waals surface area contributed by atoms with Gasteiger partial charge in [-0.2, -0.15) is 0 Å². The Morgan fingerprint density at radius 2 is 2.09 bits per heavy atom. The van der Waals surface area contributed by atoms with Gasteiger partial charge >= 0.3 is 0 Å². The van der Waals surface area contributed by atoms with Gasteiger partial charge in [0.2, 0.25) is 0 Å². The minimum atomic E-state index is -0.887. The normalized spacial score (nSPS) is 11.0. The number of fused-ring (bicyclic) bond motifs is 1. The lowest BCUT2D eigenvalue weighted by molar-refractivity contribution is 0.507. The third-order valence-electron chi connectivity index (χ3n) is 3.38. The number of hydrogen-bond acceptors (Lipinski definition) is 2. The number of aromatic amines is 1. The number of hydrogen-bond donors (Lipinski definition) is 2. The first kappa shape index (κ1) is 15.1. The number of nitrogens with zero attached hydrogens (tertiary/aromatic N) is 1. The van der Waals surface area contributed by atoms with Crippen molar-refractivity contribution in [3.63, 3.8) is 0 Å². The van der Waals surface area contributed by atoms with Crippen LogP contribution < -0.4 is 5.73 Å². The maximum absolute atomic E-state index is 14.3. The van der Waals surface area contributed by atoms with E-state index in [1.807, 2.05) is 0 Å². The van der Waals surface area contributed by atoms with E-state index < -0.39 is 11.6 Å². The number of H-pyrrole nitrogens is 1. The Balaban J connectivity index is 2.11. The highest BCUT2D eigenvalue weighted by atomic mass is 79.9. The van der Waals surface area contributed by atoms with Gasteiger partial charge in [-0.25, -0.2) is 8.78 Å². The molecule has 0 unspecified atom stereocenters. The molecule has 0 aliphatic carbocycles. The zero-order chi connectivity index (χ0) is 15.9. The van der Waals surface area contributed by atoms with Gasteiger partial charge in [0.15, 0.2) is 11.6 Å². The summed E-state index contributed by atoms with van der Waals surface area (Å²) in [5.41, 5.74) is 7.12. The molecule has 1 aromatic carbocycles. The Labute approximate surface area is 138 Å². The molecule has 0 atom stereocenters. The van der Waals surface area contributed by atoms with E-state index in [0.717, 1.165) is 5.56 Å². The van der Waals surface area contributed by atoms with E-state index in [1.165, 1.54) is 0 Å². The van der Waals surface area contributed by atoms with Gasteiger partial charge in [-0.15, -0.1) is 0 Å². The molecule has 0 aliphatic rings. The van der Waals surface area contributed by atoms with Crippen LogP contribution in [-0.2, 0) is 6.42 Å². The molecule has 3 nitrogen and oxygen atoms in total. The van der Waals surface area contributed by atoms with Crippen LogP contribution in [0.1, 0.15) is 16.8 Å². The molecular weight excluding hydrogens is 372 g/mol. The van der Waals surface area contributed by atoms with E-state index in [2.05, 4.69) is 25.9 Å². The van der Waals surface area contributed by atoms with E-state index in [4.69, 9.17) is 18.0 Å². The first-order valence-electron chi connectivity index (χ1n) is 6.36. The average Bonchev–Trinajstić information content (AvgIpc) is 2.99. The highest BCUT2D eigenvalue weighted by molar-refractivity contribution is 9.10. The van der Waals surface area contributed by atoms with Crippen LogP contribution in [0, 0.1) is 11.6 Å². The minimum absolute atomic E-state index is 0.145. The average molecular weight is 382 g/mol. The second-order valence-electron chi connectivity index (χ2n) is 4.78. The van der Waals surface area contributed by atoms with Crippen LogP contribution in [0.25, 0.3) is 10.9 Å². The number of halogens is 3. The summed E-state index contributed by atoms with van der Waals surface area (Å²) in [7, 11) is 0. The van der Waals surface area contributed by atoms with Crippen molar-refractivity contribution in [1.82, 2.24) is 9.97 Å². The van der Waals surface area contributed by atoms with E-state index in [-0.39, 0.29) is 22.5 Å². The summed E-state index contributed by atoms with van der Waals surface area (Å²) in [6.07, 6.45) is 3.31. The predicted octanol–water partition coefficient (Wildman–Crippen LogP) is 3.83. The van der Waals surface area contributed by atoms with Crippen molar-refractivity contribution in [1.29, 1.82) is 0 Å². The van der Waals surface area contributed by atoms with Crippen LogP contribution in [0.5, 0.6) is 0 Å². The lowest BCUT2D eigenvalue weighted by Crippen LogP contribution is -2.12. The smallest absolute Gasteiger partial charge is 0.183 e. The maximum Gasteiger partial charge on any atom is 0.183 e. The Hall–Kier alpha value is -1.86. The predicted molar refractivity (Wildman–Crippen MR) is 88.8 cm³/mol. The fourth-order valence-corrected chi connectivity index (χ4v) is 3.07. The summed E-state index contributed by atoms with van der Waals surface area (Å²) in [5, 5.41) is 0.595. The molecule has 3 rings (SSSR count). The van der Waals surface area contributed by atoms with Crippen LogP contribution in [0.3, 0.4) is 0 Å². The van der Waals surface area contributed by atoms with Gasteiger partial charge in [-0.05, 0) is 39.7 Å². The molecule has 3 aromatic rings. The highest BCUT2D eigenvalue weighted by Crippen LogP contribution is 2.33. The van der Waals surface area contributed by atoms with Crippen molar-refractivity contribution in [3.05, 3.63) is 63.5 Å². The van der Waals surface area contributed by atoms with Crippen LogP contribution in [-0.4, -0.2) is 15.0 Å². The van der Waals surface area contributed by atoms with Crippen LogP contribution in [0.15, 0.2) is 35.1 Å². The van der Waals surface area contributed by atoms with Crippen molar-refractivity contribution >= 4 is 44.0 Å². The lowest BCUT2D eigenvalue weighted by atomic mass is 10.0. The molecule has 0 amide bonds. The van der Waals surface area contributed by atoms with Crippen LogP contribution in [0.2, 0.25) is 0 Å². The van der Waals surface area contributed by atoms with E-state index in [9.17, 15) is 8.78 Å². The molecule has 0 aliphatic heterocycles. The van der Waals surface area contributed by atoms with Gasteiger partial charge in [0, 0.05) is 34.2 Å². The van der Waals surface area contributed by atoms with Gasteiger partial charge < -0.3 is 10.7 Å². The molecular formula is C15H10BrF2N3S. The quantitative estimate of drug-likeness (QED) is 0.535. The van der Waals surface area contributed by atoms with Gasteiger partial charge in [-0.1, -0.05) is 12.2 Å². The topological polar surface area (TPSA) is 54.7 Å². The summed E-state index contributed by atoms with van der Waals surface area (Å²) in [5.74, 6) is -1.77. The molecule has 0 fully saturated rings. The fourth-order valence-electron chi connectivity index (χ4n) is 2.31. The van der Waals surface area contributed by atoms with E-state index in [0.29, 0.717) is 15.6 Å². The number of nitrogens with two attached hydrogens (primary N) is 1. The minimum Gasteiger partial charge on any atom is -0.388 e. The number of benzene rings is 1. The van der Waals surface area contributed by atoms with Gasteiger partial charge in [0.05, 0.1) is 11.2 Å². The lowest BCUT2D eigenvalue weighted by Gasteiger charge is -2.10. The first-order chi connectivity index (χ1) is 10.5. The number of aromatic nitrogens is 2. The zero-order valence-corrected chi connectivity index (χ0v) is 13.6. The number of pyridine rings is 1. The maximum atomic E-state index is 14.3. The van der Waals surface area contributed by atoms with Gasteiger partial charge in [0.25, 0.3) is 0 Å². The standard InChI is InChI=1S/C15H10BrF2N3S/c16-11-8-2-4-21-14(8)13(18)12(17)9(11)5-7-1-3-20-10(6-7)15(19)22/h1-4,6,21H,5H2,(H2,19,22). The first-order valence-corrected chi connectivity index (χ1v) is 7.56. The summed E-state index contributed by atoms with van der Waals surface area (Å²) in [6, 6.07) is 5.08. The van der Waals surface area contributed by atoms with Crippen LogP contribution >= 0.6 is 28.1 Å². The molecule has 2 aromatic heterocycles. The summed E-state index contributed by atoms with van der Waals surface area (Å²) in [6.45, 7) is 0. The highest BCUT2D eigenvalue weighted by Gasteiger charge is 2.19. The van der Waals surface area contributed by atoms with Gasteiger partial charge in [0.1, 0.15) is 4.99 Å². The Morgan fingerprint density at radius 3 is 2.82 bits per heavy atom. The molecule has 22 heavy (non-hydrogen) atoms. The van der Waals surface area contributed by atoms with Crippen LogP contribution in [0.4, 0.5) is 8.78 Å². The Kier molecular flexibility index (Phi) is 3.92. The van der Waals surface area contributed by atoms with Crippen molar-refractivity contribution in [3.8, 4) is 0 Å². The summed E-state index contributed by atoms with van der Waals surface area (Å²) < 4.78 is 29.0. The van der Waals surface area contributed by atoms with E-state index >= 15 is 0 Å². The molecule has 2 heterocycles. The molecule has 0 spiro atoms. The molecule has 7 heteroatoms. The fraction of sp³-hybridized carbons (Fsp3) is 0.0667. The van der Waals surface area contributed by atoms with Gasteiger partial charge in [-0.3, -0.25) is 4.98 Å². The van der Waals surface area contributed by atoms with Crippen molar-refractivity contribution in [2.75, 3.05) is 0 Å². The monoisotopic (exact) mass is 381 g/mol. The number of nitrogens with one attached hydrogen (secondary N) is 1. The molecule has 0 saturated carbocycles. The second-order valence-corrected chi connectivity index (χ2v) is 6.01. The molecule has 0 bridgehead atoms. The third kappa shape index (κ3) is 2.50. The molecule has 0 saturated heterocycles. The SMILES string of the molecule is NC(=S)c1cc(Cc2c(F)c(F)c3[nH]ccc3c2Br)ccn1. The van der Waals surface area contributed by atoms with Crippen molar-refractivity contribution in [2.24, 2.45) is 5.73 Å². The summed E-state index contributed by atoms with van der Waals surface area (Å²) in [4.78, 5) is 6.89. The molecule has 3 N–H and O–H groups in total. The number of thiocarbonyl (C=S) groups is 1. The second kappa shape index (κ2) is 5.73. The third-order valence-corrected chi connectivity index (χ3v) is 4.50. The Bertz CT molecular complexity index is 892. The number of rotatable bonds is 3. The largest absolute Gasteiger partial charge is 0.388 e.